The van der Waals surface area contributed by atoms with Crippen molar-refractivity contribution in [1.82, 2.24) is 4.90 Å². The highest BCUT2D eigenvalue weighted by atomic mass is 16.6. The van der Waals surface area contributed by atoms with Gasteiger partial charge in [-0.1, -0.05) is 33.1 Å². The van der Waals surface area contributed by atoms with E-state index in [0.29, 0.717) is 6.54 Å². The number of aliphatic carboxylic acids is 2. The molecule has 0 aliphatic carbocycles. The van der Waals surface area contributed by atoms with Crippen LogP contribution < -0.4 is 0 Å². The fourth-order valence-electron chi connectivity index (χ4n) is 7.19. The molecule has 5 saturated heterocycles. The Hall–Kier alpha value is -2.00. The summed E-state index contributed by atoms with van der Waals surface area (Å²) in [7, 11) is 0. The number of carbonyl (C=O) groups excluding carboxylic acids is 2. The fourth-order valence-corrected chi connectivity index (χ4v) is 7.19. The highest BCUT2D eigenvalue weighted by molar-refractivity contribution is 6.07. The third-order valence-corrected chi connectivity index (χ3v) is 8.57. The third-order valence-electron chi connectivity index (χ3n) is 8.57. The van der Waals surface area contributed by atoms with Crippen molar-refractivity contribution in [2.75, 3.05) is 6.54 Å². The first-order valence-electron chi connectivity index (χ1n) is 11.4. The summed E-state index contributed by atoms with van der Waals surface area (Å²) < 4.78 is 11.9. The molecule has 2 amide bonds. The lowest BCUT2D eigenvalue weighted by atomic mass is 9.53. The third kappa shape index (κ3) is 2.44. The van der Waals surface area contributed by atoms with Crippen molar-refractivity contribution in [2.45, 2.75) is 70.4 Å². The Morgan fingerprint density at radius 1 is 1.13 bits per heavy atom. The van der Waals surface area contributed by atoms with Crippen LogP contribution in [0.15, 0.2) is 0 Å². The minimum absolute atomic E-state index is 0.213. The number of hydrogen-bond donors (Lipinski definition) is 2. The van der Waals surface area contributed by atoms with Crippen LogP contribution in [0.1, 0.15) is 46.0 Å². The van der Waals surface area contributed by atoms with E-state index in [9.17, 15) is 29.4 Å². The molecule has 9 heteroatoms. The zero-order valence-electron chi connectivity index (χ0n) is 17.7. The monoisotopic (exact) mass is 435 g/mol. The quantitative estimate of drug-likeness (QED) is 0.543. The molecule has 5 fully saturated rings. The Labute approximate surface area is 180 Å². The van der Waals surface area contributed by atoms with Crippen LogP contribution >= 0.6 is 0 Å². The van der Waals surface area contributed by atoms with Gasteiger partial charge < -0.3 is 19.7 Å². The molecule has 0 aromatic rings. The molecule has 5 aliphatic heterocycles. The van der Waals surface area contributed by atoms with Crippen molar-refractivity contribution in [2.24, 2.45) is 35.0 Å². The molecule has 5 rings (SSSR count). The SMILES string of the molecule is CCCCC(CC)CN1C(=O)C2C3OC(C2C1=O)C1(C(=O)O)C2OC(CC2C(=O)O)C31. The summed E-state index contributed by atoms with van der Waals surface area (Å²) in [6.45, 7) is 4.50. The van der Waals surface area contributed by atoms with Gasteiger partial charge in [0.05, 0.1) is 42.2 Å². The van der Waals surface area contributed by atoms with E-state index in [0.717, 1.165) is 25.7 Å². The van der Waals surface area contributed by atoms with E-state index in [4.69, 9.17) is 9.47 Å². The van der Waals surface area contributed by atoms with Crippen LogP contribution in [-0.4, -0.2) is 69.8 Å². The van der Waals surface area contributed by atoms with Gasteiger partial charge in [-0.2, -0.15) is 0 Å². The van der Waals surface area contributed by atoms with Gasteiger partial charge in [-0.3, -0.25) is 24.1 Å². The lowest BCUT2D eigenvalue weighted by molar-refractivity contribution is -0.167. The zero-order chi connectivity index (χ0) is 22.2. The topological polar surface area (TPSA) is 130 Å². The summed E-state index contributed by atoms with van der Waals surface area (Å²) in [5, 5.41) is 19.9. The van der Waals surface area contributed by atoms with E-state index in [1.165, 1.54) is 4.90 Å². The van der Waals surface area contributed by atoms with Gasteiger partial charge in [0, 0.05) is 12.5 Å². The van der Waals surface area contributed by atoms with E-state index in [2.05, 4.69) is 6.92 Å². The number of carboxylic acids is 2. The number of nitrogens with zero attached hydrogens (tertiary/aromatic N) is 1. The van der Waals surface area contributed by atoms with Crippen LogP contribution in [0, 0.1) is 35.0 Å². The molecule has 9 nitrogen and oxygen atoms in total. The van der Waals surface area contributed by atoms with Crippen LogP contribution in [0.5, 0.6) is 0 Å². The average molecular weight is 435 g/mol. The highest BCUT2D eigenvalue weighted by Crippen LogP contribution is 2.69. The van der Waals surface area contributed by atoms with Crippen LogP contribution in [0.3, 0.4) is 0 Å². The van der Waals surface area contributed by atoms with Crippen molar-refractivity contribution in [3.63, 3.8) is 0 Å². The largest absolute Gasteiger partial charge is 0.481 e. The number of fused-ring (bicyclic) bond motifs is 12. The maximum atomic E-state index is 13.4. The number of carboxylic acid groups (broad SMARTS) is 2. The van der Waals surface area contributed by atoms with E-state index < -0.39 is 65.4 Å². The Morgan fingerprint density at radius 2 is 1.84 bits per heavy atom. The number of likely N-dealkylation sites (tertiary alicyclic amines) is 1. The van der Waals surface area contributed by atoms with Crippen LogP contribution in [-0.2, 0) is 28.7 Å². The van der Waals surface area contributed by atoms with Crippen LogP contribution in [0.25, 0.3) is 0 Å². The highest BCUT2D eigenvalue weighted by Gasteiger charge is 2.85. The molecule has 0 radical (unpaired) electrons. The fraction of sp³-hybridized carbons (Fsp3) is 0.818. The summed E-state index contributed by atoms with van der Waals surface area (Å²) in [6.07, 6.45) is 0.701. The van der Waals surface area contributed by atoms with Gasteiger partial charge in [-0.25, -0.2) is 0 Å². The molecule has 5 aliphatic rings. The van der Waals surface area contributed by atoms with Gasteiger partial charge in [0.1, 0.15) is 5.41 Å². The second kappa shape index (κ2) is 7.00. The molecule has 5 heterocycles. The second-order valence-corrected chi connectivity index (χ2v) is 9.82. The predicted octanol–water partition coefficient (Wildman–Crippen LogP) is 1.14. The van der Waals surface area contributed by atoms with Gasteiger partial charge in [-0.15, -0.1) is 0 Å². The average Bonchev–Trinajstić information content (AvgIpc) is 3.51. The summed E-state index contributed by atoms with van der Waals surface area (Å²) in [5.41, 5.74) is -1.59. The number of carbonyl (C=O) groups is 4. The Kier molecular flexibility index (Phi) is 4.71. The smallest absolute Gasteiger partial charge is 0.315 e. The number of imide groups is 1. The molecule has 0 aromatic carbocycles. The Balaban J connectivity index is 1.47. The van der Waals surface area contributed by atoms with Gasteiger partial charge in [-0.05, 0) is 18.8 Å². The van der Waals surface area contributed by atoms with Gasteiger partial charge in [0.15, 0.2) is 0 Å². The van der Waals surface area contributed by atoms with E-state index in [1.807, 2.05) is 6.92 Å². The standard InChI is InChI=1S/C22H29NO8/c1-3-5-6-9(4-2)8-23-18(24)12-13(19(23)25)17-22(21(28)29)14(15(12)31-17)11-7-10(20(26)27)16(22)30-11/h9-17H,3-8H2,1-2H3,(H,26,27)(H,28,29). The number of hydrogen-bond acceptors (Lipinski definition) is 6. The summed E-state index contributed by atoms with van der Waals surface area (Å²) >= 11 is 0. The minimum atomic E-state index is -1.59. The minimum Gasteiger partial charge on any atom is -0.481 e. The lowest BCUT2D eigenvalue weighted by Crippen LogP contribution is -2.61. The molecule has 2 N–H and O–H groups in total. The van der Waals surface area contributed by atoms with Crippen molar-refractivity contribution in [3.8, 4) is 0 Å². The number of amides is 2. The van der Waals surface area contributed by atoms with Crippen LogP contribution in [0.2, 0.25) is 0 Å². The van der Waals surface area contributed by atoms with E-state index in [1.54, 1.807) is 0 Å². The molecule has 170 valence electrons. The van der Waals surface area contributed by atoms with Gasteiger partial charge in [0.2, 0.25) is 11.8 Å². The predicted molar refractivity (Wildman–Crippen MR) is 104 cm³/mol. The molecule has 0 aromatic heterocycles. The Bertz CT molecular complexity index is 843. The normalized spacial score (nSPS) is 45.3. The maximum absolute atomic E-state index is 13.4. The van der Waals surface area contributed by atoms with Crippen molar-refractivity contribution in [3.05, 3.63) is 0 Å². The maximum Gasteiger partial charge on any atom is 0.315 e. The molecular formula is C22H29NO8. The van der Waals surface area contributed by atoms with Gasteiger partial charge in [0.25, 0.3) is 0 Å². The van der Waals surface area contributed by atoms with Crippen molar-refractivity contribution >= 4 is 23.8 Å². The molecule has 10 unspecified atom stereocenters. The first-order valence-corrected chi connectivity index (χ1v) is 11.4. The molecule has 0 spiro atoms. The number of ether oxygens (including phenoxy) is 2. The molecular weight excluding hydrogens is 406 g/mol. The second-order valence-electron chi connectivity index (χ2n) is 9.82. The Morgan fingerprint density at radius 3 is 2.45 bits per heavy atom. The van der Waals surface area contributed by atoms with Gasteiger partial charge >= 0.3 is 11.9 Å². The van der Waals surface area contributed by atoms with E-state index >= 15 is 0 Å². The van der Waals surface area contributed by atoms with E-state index in [-0.39, 0.29) is 24.2 Å². The lowest BCUT2D eigenvalue weighted by Gasteiger charge is -2.42. The first-order chi connectivity index (χ1) is 14.8. The molecule has 31 heavy (non-hydrogen) atoms. The number of rotatable bonds is 8. The summed E-state index contributed by atoms with van der Waals surface area (Å²) in [5.74, 6) is -5.81. The molecule has 10 atom stereocenters. The van der Waals surface area contributed by atoms with Crippen LogP contribution in [0.4, 0.5) is 0 Å². The van der Waals surface area contributed by atoms with Crippen molar-refractivity contribution < 1.29 is 38.9 Å². The first kappa shape index (κ1) is 20.9. The number of unbranched alkanes of at least 4 members (excludes halogenated alkanes) is 1. The zero-order valence-corrected chi connectivity index (χ0v) is 17.7. The van der Waals surface area contributed by atoms with Crippen molar-refractivity contribution in [1.29, 1.82) is 0 Å². The molecule has 0 saturated carbocycles. The summed E-state index contributed by atoms with van der Waals surface area (Å²) in [6, 6.07) is 0. The summed E-state index contributed by atoms with van der Waals surface area (Å²) in [4.78, 5) is 52.3. The molecule has 4 bridgehead atoms.